The second-order valence-electron chi connectivity index (χ2n) is 10.8. The van der Waals surface area contributed by atoms with E-state index in [9.17, 15) is 14.4 Å². The van der Waals surface area contributed by atoms with Gasteiger partial charge in [-0.25, -0.2) is 0 Å². The van der Waals surface area contributed by atoms with Crippen molar-refractivity contribution in [2.75, 3.05) is 57.9 Å². The van der Waals surface area contributed by atoms with E-state index in [4.69, 9.17) is 14.6 Å². The highest BCUT2D eigenvalue weighted by Gasteiger charge is 2.74. The Morgan fingerprint density at radius 1 is 1.03 bits per heavy atom. The van der Waals surface area contributed by atoms with Crippen molar-refractivity contribution < 1.29 is 29.0 Å². The molecule has 3 N–H and O–H groups in total. The van der Waals surface area contributed by atoms with Gasteiger partial charge in [0.05, 0.1) is 31.2 Å². The van der Waals surface area contributed by atoms with E-state index in [1.165, 1.54) is 0 Å². The predicted octanol–water partition coefficient (Wildman–Crippen LogP) is 1.00. The van der Waals surface area contributed by atoms with Gasteiger partial charge in [0.2, 0.25) is 17.7 Å². The molecule has 4 heterocycles. The highest BCUT2D eigenvalue weighted by molar-refractivity contribution is 6.01. The maximum atomic E-state index is 13.9. The lowest BCUT2D eigenvalue weighted by molar-refractivity contribution is -0.141. The molecule has 2 unspecified atom stereocenters. The summed E-state index contributed by atoms with van der Waals surface area (Å²) < 4.78 is 11.9. The van der Waals surface area contributed by atoms with Crippen molar-refractivity contribution in [2.24, 2.45) is 11.8 Å². The Hall–Kier alpha value is -2.53. The molecule has 5 rings (SSSR count). The van der Waals surface area contributed by atoms with Crippen molar-refractivity contribution >= 4 is 23.4 Å². The lowest BCUT2D eigenvalue weighted by Gasteiger charge is -2.34. The van der Waals surface area contributed by atoms with Gasteiger partial charge in [-0.15, -0.1) is 0 Å². The van der Waals surface area contributed by atoms with Crippen LogP contribution < -0.4 is 10.6 Å². The fourth-order valence-corrected chi connectivity index (χ4v) is 6.75. The molecule has 0 saturated carbocycles. The van der Waals surface area contributed by atoms with Crippen molar-refractivity contribution in [3.05, 3.63) is 30.3 Å². The monoisotopic (exact) mass is 528 g/mol. The topological polar surface area (TPSA) is 120 Å². The molecule has 3 amide bonds. The number of fused-ring (bicyclic) bond motifs is 1. The lowest BCUT2D eigenvalue weighted by Crippen LogP contribution is -2.56. The lowest BCUT2D eigenvalue weighted by atomic mass is 9.70. The number of nitrogens with zero attached hydrogens (tertiary/aromatic N) is 2. The number of benzene rings is 1. The second-order valence-corrected chi connectivity index (χ2v) is 10.8. The molecule has 10 heteroatoms. The van der Waals surface area contributed by atoms with Crippen molar-refractivity contribution in [3.8, 4) is 0 Å². The van der Waals surface area contributed by atoms with Gasteiger partial charge in [-0.2, -0.15) is 0 Å². The highest BCUT2D eigenvalue weighted by Crippen LogP contribution is 2.58. The number of amides is 3. The quantitative estimate of drug-likeness (QED) is 0.346. The van der Waals surface area contributed by atoms with Crippen LogP contribution in [0.1, 0.15) is 38.5 Å². The zero-order valence-corrected chi connectivity index (χ0v) is 22.0. The summed E-state index contributed by atoms with van der Waals surface area (Å²) in [7, 11) is 0. The standard InChI is InChI=1S/C28H40N4O6/c33-17-7-2-1-6-13-32-24(26(35)29-12-14-31-15-18-37-19-16-31)28-11-10-21(38-28)22(23(28)27(32)36)25(34)30-20-8-4-3-5-9-20/h3-5,8-9,21-24,33H,1-2,6-7,10-19H2,(H,29,35)(H,30,34)/t21-,22+,23-,24?,28?/m0/s1. The summed E-state index contributed by atoms with van der Waals surface area (Å²) in [5, 5.41) is 15.1. The number of aliphatic hydroxyl groups excluding tert-OH is 1. The van der Waals surface area contributed by atoms with Gasteiger partial charge in [-0.05, 0) is 37.8 Å². The number of anilines is 1. The zero-order valence-electron chi connectivity index (χ0n) is 22.0. The molecule has 208 valence electrons. The van der Waals surface area contributed by atoms with E-state index in [2.05, 4.69) is 15.5 Å². The molecule has 4 aliphatic heterocycles. The van der Waals surface area contributed by atoms with Crippen LogP contribution in [0.3, 0.4) is 0 Å². The summed E-state index contributed by atoms with van der Waals surface area (Å²) in [6, 6.07) is 8.48. The van der Waals surface area contributed by atoms with Gasteiger partial charge in [0.25, 0.3) is 0 Å². The van der Waals surface area contributed by atoms with Crippen LogP contribution in [0.25, 0.3) is 0 Å². The molecule has 2 bridgehead atoms. The van der Waals surface area contributed by atoms with Crippen LogP contribution in [0.15, 0.2) is 30.3 Å². The first-order chi connectivity index (χ1) is 18.5. The van der Waals surface area contributed by atoms with E-state index in [1.54, 1.807) is 4.90 Å². The van der Waals surface area contributed by atoms with Gasteiger partial charge in [-0.1, -0.05) is 31.0 Å². The molecule has 38 heavy (non-hydrogen) atoms. The number of carbonyl (C=O) groups excluding carboxylic acids is 3. The number of unbranched alkanes of at least 4 members (excludes halogenated alkanes) is 3. The number of nitrogens with one attached hydrogen (secondary N) is 2. The zero-order chi connectivity index (χ0) is 26.5. The minimum absolute atomic E-state index is 0.148. The minimum Gasteiger partial charge on any atom is -0.396 e. The molecule has 1 aromatic rings. The first-order valence-electron chi connectivity index (χ1n) is 14.1. The summed E-state index contributed by atoms with van der Waals surface area (Å²) in [4.78, 5) is 45.0. The normalized spacial score (nSPS) is 30.4. The molecule has 1 spiro atoms. The number of morpholine rings is 1. The average Bonchev–Trinajstić information content (AvgIpc) is 3.57. The van der Waals surface area contributed by atoms with Crippen molar-refractivity contribution in [2.45, 2.75) is 56.3 Å². The summed E-state index contributed by atoms with van der Waals surface area (Å²) in [5.74, 6) is -1.88. The van der Waals surface area contributed by atoms with Crippen LogP contribution in [0, 0.1) is 11.8 Å². The summed E-state index contributed by atoms with van der Waals surface area (Å²) in [5.41, 5.74) is -0.299. The third-order valence-corrected chi connectivity index (χ3v) is 8.53. The Labute approximate surface area is 224 Å². The number of likely N-dealkylation sites (tertiary alicyclic amines) is 1. The number of rotatable bonds is 12. The van der Waals surface area contributed by atoms with Crippen LogP contribution >= 0.6 is 0 Å². The molecule has 0 aromatic heterocycles. The second kappa shape index (κ2) is 12.1. The van der Waals surface area contributed by atoms with E-state index in [1.807, 2.05) is 30.3 Å². The van der Waals surface area contributed by atoms with E-state index < -0.39 is 23.5 Å². The minimum atomic E-state index is -0.978. The molecule has 0 radical (unpaired) electrons. The number of hydrogen-bond acceptors (Lipinski definition) is 7. The third-order valence-electron chi connectivity index (χ3n) is 8.53. The molecule has 4 saturated heterocycles. The Kier molecular flexibility index (Phi) is 8.62. The highest BCUT2D eigenvalue weighted by atomic mass is 16.5. The Morgan fingerprint density at radius 3 is 2.55 bits per heavy atom. The fourth-order valence-electron chi connectivity index (χ4n) is 6.75. The first-order valence-corrected chi connectivity index (χ1v) is 14.1. The van der Waals surface area contributed by atoms with Crippen LogP contribution in [-0.4, -0.2) is 103 Å². The Morgan fingerprint density at radius 2 is 1.79 bits per heavy atom. The number of para-hydroxylation sites is 1. The van der Waals surface area contributed by atoms with Crippen LogP contribution in [0.5, 0.6) is 0 Å². The molecule has 5 atom stereocenters. The fraction of sp³-hybridized carbons (Fsp3) is 0.679. The number of ether oxygens (including phenoxy) is 2. The third kappa shape index (κ3) is 5.32. The number of hydrogen-bond donors (Lipinski definition) is 3. The Bertz CT molecular complexity index is 987. The van der Waals surface area contributed by atoms with Gasteiger partial charge in [0.1, 0.15) is 11.6 Å². The van der Waals surface area contributed by atoms with Crippen molar-refractivity contribution in [1.29, 1.82) is 0 Å². The largest absolute Gasteiger partial charge is 0.396 e. The van der Waals surface area contributed by atoms with Crippen molar-refractivity contribution in [1.82, 2.24) is 15.1 Å². The van der Waals surface area contributed by atoms with E-state index in [-0.39, 0.29) is 30.4 Å². The van der Waals surface area contributed by atoms with Crippen LogP contribution in [0.2, 0.25) is 0 Å². The summed E-state index contributed by atoms with van der Waals surface area (Å²) >= 11 is 0. The van der Waals surface area contributed by atoms with Gasteiger partial charge in [0.15, 0.2) is 0 Å². The summed E-state index contributed by atoms with van der Waals surface area (Å²) in [6.45, 7) is 4.86. The van der Waals surface area contributed by atoms with Gasteiger partial charge in [-0.3, -0.25) is 19.3 Å². The van der Waals surface area contributed by atoms with Gasteiger partial charge < -0.3 is 30.1 Å². The van der Waals surface area contributed by atoms with E-state index in [0.29, 0.717) is 44.8 Å². The molecule has 10 nitrogen and oxygen atoms in total. The van der Waals surface area contributed by atoms with Crippen LogP contribution in [-0.2, 0) is 23.9 Å². The molecular weight excluding hydrogens is 488 g/mol. The maximum Gasteiger partial charge on any atom is 0.245 e. The maximum absolute atomic E-state index is 13.9. The van der Waals surface area contributed by atoms with Crippen LogP contribution in [0.4, 0.5) is 5.69 Å². The number of aliphatic hydroxyl groups is 1. The first kappa shape index (κ1) is 27.1. The van der Waals surface area contributed by atoms with Crippen molar-refractivity contribution in [3.63, 3.8) is 0 Å². The molecule has 4 fully saturated rings. The number of carbonyl (C=O) groups is 3. The van der Waals surface area contributed by atoms with E-state index >= 15 is 0 Å². The molecule has 4 aliphatic rings. The average molecular weight is 529 g/mol. The van der Waals surface area contributed by atoms with Gasteiger partial charge >= 0.3 is 0 Å². The summed E-state index contributed by atoms with van der Waals surface area (Å²) in [6.07, 6.45) is 4.04. The van der Waals surface area contributed by atoms with E-state index in [0.717, 1.165) is 45.3 Å². The molecular formula is C28H40N4O6. The predicted molar refractivity (Wildman–Crippen MR) is 140 cm³/mol. The molecule has 1 aromatic carbocycles. The Balaban J connectivity index is 1.32. The van der Waals surface area contributed by atoms with Gasteiger partial charge in [0, 0.05) is 45.0 Å². The molecule has 0 aliphatic carbocycles. The SMILES string of the molecule is O=C(NCCN1CCOCC1)C1N(CCCCCCO)C(=O)[C@@H]2[C@H](C(=O)Nc3ccccc3)[C@@H]3CCC12O3. The smallest absolute Gasteiger partial charge is 0.245 e.